The van der Waals surface area contributed by atoms with Crippen LogP contribution in [-0.2, 0) is 10.0 Å². The summed E-state index contributed by atoms with van der Waals surface area (Å²) in [4.78, 5) is 5.35. The van der Waals surface area contributed by atoms with Crippen LogP contribution in [0.2, 0.25) is 0 Å². The molecule has 0 fully saturated rings. The van der Waals surface area contributed by atoms with Gasteiger partial charge in [-0.15, -0.1) is 0 Å². The highest BCUT2D eigenvalue weighted by Crippen LogP contribution is 2.16. The molecule has 7 nitrogen and oxygen atoms in total. The van der Waals surface area contributed by atoms with Crippen molar-refractivity contribution in [3.63, 3.8) is 0 Å². The Morgan fingerprint density at radius 2 is 1.96 bits per heavy atom. The van der Waals surface area contributed by atoms with Crippen molar-refractivity contribution in [2.75, 3.05) is 18.4 Å². The number of hydrogen-bond donors (Lipinski definition) is 2. The van der Waals surface area contributed by atoms with Crippen LogP contribution in [-0.4, -0.2) is 35.3 Å². The van der Waals surface area contributed by atoms with Gasteiger partial charge in [0.15, 0.2) is 0 Å². The fourth-order valence-electron chi connectivity index (χ4n) is 2.49. The molecule has 140 valence electrons. The second kappa shape index (κ2) is 8.94. The highest BCUT2D eigenvalue weighted by molar-refractivity contribution is 9.10. The molecule has 0 aliphatic rings. The van der Waals surface area contributed by atoms with Crippen molar-refractivity contribution < 1.29 is 8.42 Å². The van der Waals surface area contributed by atoms with E-state index in [-0.39, 0.29) is 4.90 Å². The average Bonchev–Trinajstić information content (AvgIpc) is 3.21. The van der Waals surface area contributed by atoms with Gasteiger partial charge >= 0.3 is 0 Å². The maximum atomic E-state index is 12.2. The minimum Gasteiger partial charge on any atom is -0.355 e. The number of rotatable bonds is 10. The molecule has 0 amide bonds. The van der Waals surface area contributed by atoms with E-state index in [9.17, 15) is 8.42 Å². The molecule has 0 spiro atoms. The van der Waals surface area contributed by atoms with Crippen LogP contribution < -0.4 is 10.0 Å². The van der Waals surface area contributed by atoms with Gasteiger partial charge in [-0.25, -0.2) is 18.1 Å². The first-order chi connectivity index (χ1) is 12.6. The molecule has 0 atom stereocenters. The molecule has 0 aliphatic carbocycles. The lowest BCUT2D eigenvalue weighted by Gasteiger charge is -2.07. The van der Waals surface area contributed by atoms with Crippen molar-refractivity contribution in [2.24, 2.45) is 0 Å². The molecule has 0 bridgehead atoms. The van der Waals surface area contributed by atoms with Crippen molar-refractivity contribution in [1.82, 2.24) is 18.5 Å². The van der Waals surface area contributed by atoms with E-state index in [0.29, 0.717) is 6.54 Å². The van der Waals surface area contributed by atoms with Gasteiger partial charge in [0, 0.05) is 41.5 Å². The fourth-order valence-corrected chi connectivity index (χ4v) is 4.83. The van der Waals surface area contributed by atoms with E-state index >= 15 is 0 Å². The number of hydrogen-bond acceptors (Lipinski definition) is 6. The Bertz CT molecular complexity index is 954. The molecule has 0 saturated carbocycles. The lowest BCUT2D eigenvalue weighted by Crippen LogP contribution is -2.24. The third-order valence-corrected chi connectivity index (χ3v) is 6.52. The average molecular weight is 458 g/mol. The van der Waals surface area contributed by atoms with Gasteiger partial charge in [0.1, 0.15) is 0 Å². The van der Waals surface area contributed by atoms with Gasteiger partial charge in [-0.05, 0) is 31.0 Å². The molecule has 10 heteroatoms. The summed E-state index contributed by atoms with van der Waals surface area (Å²) in [5, 5.41) is 3.30. The maximum Gasteiger partial charge on any atom is 0.240 e. The number of sulfonamides is 1. The zero-order valence-corrected chi connectivity index (χ0v) is 17.3. The lowest BCUT2D eigenvalue weighted by atomic mass is 10.2. The van der Waals surface area contributed by atoms with Crippen molar-refractivity contribution >= 4 is 48.4 Å². The molecule has 1 aromatic carbocycles. The van der Waals surface area contributed by atoms with E-state index in [4.69, 9.17) is 0 Å². The second-order valence-electron chi connectivity index (χ2n) is 5.78. The summed E-state index contributed by atoms with van der Waals surface area (Å²) in [5.74, 6) is 0.823. The van der Waals surface area contributed by atoms with Crippen LogP contribution in [0.3, 0.4) is 0 Å². The monoisotopic (exact) mass is 457 g/mol. The molecular formula is C16H20BrN5O2S2. The Kier molecular flexibility index (Phi) is 6.63. The number of nitrogens with one attached hydrogen (secondary N) is 2. The third-order valence-electron chi connectivity index (χ3n) is 3.83. The number of anilines is 1. The summed E-state index contributed by atoms with van der Waals surface area (Å²) in [7, 11) is -3.43. The molecule has 0 saturated heterocycles. The predicted molar refractivity (Wildman–Crippen MR) is 107 cm³/mol. The Morgan fingerprint density at radius 1 is 1.15 bits per heavy atom. The van der Waals surface area contributed by atoms with Crippen molar-refractivity contribution in [3.05, 3.63) is 41.1 Å². The first-order valence-corrected chi connectivity index (χ1v) is 11.4. The Hall–Kier alpha value is -1.49. The van der Waals surface area contributed by atoms with Gasteiger partial charge in [-0.3, -0.25) is 4.40 Å². The van der Waals surface area contributed by atoms with Crippen LogP contribution in [0, 0.1) is 0 Å². The standard InChI is InChI=1S/C16H20BrN5O2S2/c17-13-6-5-7-14(12-13)26(23,24)20-9-4-2-1-3-8-18-15-21-25-16-19-10-11-22(15)16/h5-7,10-12,20H,1-4,8-9H2,(H,18,21). The number of imidazole rings is 1. The summed E-state index contributed by atoms with van der Waals surface area (Å²) in [6.45, 7) is 1.28. The highest BCUT2D eigenvalue weighted by Gasteiger charge is 2.13. The van der Waals surface area contributed by atoms with E-state index in [0.717, 1.165) is 47.6 Å². The molecule has 2 N–H and O–H groups in total. The largest absolute Gasteiger partial charge is 0.355 e. The molecule has 0 radical (unpaired) electrons. The number of benzene rings is 1. The van der Waals surface area contributed by atoms with Crippen molar-refractivity contribution in [1.29, 1.82) is 0 Å². The minimum atomic E-state index is -3.43. The summed E-state index contributed by atoms with van der Waals surface area (Å²) in [6.07, 6.45) is 7.47. The normalized spacial score (nSPS) is 11.9. The van der Waals surface area contributed by atoms with Crippen molar-refractivity contribution in [2.45, 2.75) is 30.6 Å². The van der Waals surface area contributed by atoms with Gasteiger partial charge in [0.2, 0.25) is 20.9 Å². The van der Waals surface area contributed by atoms with Crippen LogP contribution in [0.4, 0.5) is 5.95 Å². The number of fused-ring (bicyclic) bond motifs is 1. The summed E-state index contributed by atoms with van der Waals surface area (Å²) >= 11 is 4.66. The topological polar surface area (TPSA) is 88.4 Å². The molecule has 26 heavy (non-hydrogen) atoms. The zero-order chi connectivity index (χ0) is 18.4. The van der Waals surface area contributed by atoms with Crippen LogP contribution >= 0.6 is 27.5 Å². The third kappa shape index (κ3) is 5.03. The highest BCUT2D eigenvalue weighted by atomic mass is 79.9. The van der Waals surface area contributed by atoms with Gasteiger partial charge in [-0.1, -0.05) is 34.8 Å². The molecule has 2 aromatic heterocycles. The maximum absolute atomic E-state index is 12.2. The Labute approximate surface area is 165 Å². The number of unbranched alkanes of at least 4 members (excludes halogenated alkanes) is 3. The minimum absolute atomic E-state index is 0.283. The van der Waals surface area contributed by atoms with Gasteiger partial charge in [0.25, 0.3) is 0 Å². The van der Waals surface area contributed by atoms with Crippen molar-refractivity contribution in [3.8, 4) is 0 Å². The molecular weight excluding hydrogens is 438 g/mol. The predicted octanol–water partition coefficient (Wildman–Crippen LogP) is 3.50. The summed E-state index contributed by atoms with van der Waals surface area (Å²) in [6, 6.07) is 6.71. The Balaban J connectivity index is 1.30. The molecule has 3 rings (SSSR count). The molecule has 0 unspecified atom stereocenters. The number of aromatic nitrogens is 3. The van der Waals surface area contributed by atoms with E-state index in [1.54, 1.807) is 30.5 Å². The molecule has 3 aromatic rings. The van der Waals surface area contributed by atoms with Crippen LogP contribution in [0.5, 0.6) is 0 Å². The fraction of sp³-hybridized carbons (Fsp3) is 0.375. The summed E-state index contributed by atoms with van der Waals surface area (Å²) < 4.78 is 34.0. The smallest absolute Gasteiger partial charge is 0.240 e. The first-order valence-electron chi connectivity index (χ1n) is 8.34. The molecule has 0 aliphatic heterocycles. The second-order valence-corrected chi connectivity index (χ2v) is 9.20. The number of nitrogens with zero attached hydrogens (tertiary/aromatic N) is 3. The quantitative estimate of drug-likeness (QED) is 0.454. The van der Waals surface area contributed by atoms with E-state index < -0.39 is 10.0 Å². The van der Waals surface area contributed by atoms with Crippen LogP contribution in [0.15, 0.2) is 46.0 Å². The van der Waals surface area contributed by atoms with Crippen LogP contribution in [0.25, 0.3) is 4.96 Å². The van der Waals surface area contributed by atoms with E-state index in [2.05, 4.69) is 35.3 Å². The number of halogens is 1. The van der Waals surface area contributed by atoms with Gasteiger partial charge in [0.05, 0.1) is 4.90 Å². The lowest BCUT2D eigenvalue weighted by molar-refractivity contribution is 0.572. The van der Waals surface area contributed by atoms with Gasteiger partial charge in [-0.2, -0.15) is 4.37 Å². The van der Waals surface area contributed by atoms with E-state index in [1.807, 2.05) is 10.6 Å². The summed E-state index contributed by atoms with van der Waals surface area (Å²) in [5.41, 5.74) is 0. The van der Waals surface area contributed by atoms with E-state index in [1.165, 1.54) is 11.5 Å². The SMILES string of the molecule is O=S(=O)(NCCCCCCNc1nsc2nccn12)c1cccc(Br)c1. The zero-order valence-electron chi connectivity index (χ0n) is 14.1. The first kappa shape index (κ1) is 19.3. The van der Waals surface area contributed by atoms with Crippen LogP contribution in [0.1, 0.15) is 25.7 Å². The Morgan fingerprint density at radius 3 is 2.77 bits per heavy atom. The molecule has 2 heterocycles. The van der Waals surface area contributed by atoms with Gasteiger partial charge < -0.3 is 5.32 Å².